The lowest BCUT2D eigenvalue weighted by Crippen LogP contribution is -2.48. The van der Waals surface area contributed by atoms with Crippen molar-refractivity contribution in [3.8, 4) is 0 Å². The number of hydrogen-bond acceptors (Lipinski definition) is 4. The lowest BCUT2D eigenvalue weighted by atomic mass is 10.3. The van der Waals surface area contributed by atoms with Crippen LogP contribution in [0.15, 0.2) is 17.3 Å². The summed E-state index contributed by atoms with van der Waals surface area (Å²) in [7, 11) is -3.42. The normalized spacial score (nSPS) is 18.5. The van der Waals surface area contributed by atoms with E-state index >= 15 is 0 Å². The van der Waals surface area contributed by atoms with E-state index in [0.29, 0.717) is 25.5 Å². The Balaban J connectivity index is 2.03. The summed E-state index contributed by atoms with van der Waals surface area (Å²) in [6.45, 7) is 6.36. The zero-order valence-electron chi connectivity index (χ0n) is 11.7. The average Bonchev–Trinajstić information content (AvgIpc) is 2.90. The van der Waals surface area contributed by atoms with Crippen LogP contribution in [0.4, 0.5) is 0 Å². The predicted octanol–water partition coefficient (Wildman–Crippen LogP) is 0.838. The van der Waals surface area contributed by atoms with Gasteiger partial charge in [0.05, 0.1) is 12.7 Å². The van der Waals surface area contributed by atoms with Crippen molar-refractivity contribution in [2.75, 3.05) is 38.6 Å². The van der Waals surface area contributed by atoms with Crippen molar-refractivity contribution in [3.05, 3.63) is 12.4 Å². The smallest absolute Gasteiger partial charge is 0.246 e. The number of nitrogens with zero attached hydrogens (tertiary/aromatic N) is 4. The van der Waals surface area contributed by atoms with Gasteiger partial charge in [-0.3, -0.25) is 4.68 Å². The molecular weight excluding hydrogens is 300 g/mol. The van der Waals surface area contributed by atoms with Gasteiger partial charge in [-0.25, -0.2) is 8.42 Å². The van der Waals surface area contributed by atoms with Gasteiger partial charge in [-0.1, -0.05) is 6.92 Å². The molecule has 1 aliphatic rings. The van der Waals surface area contributed by atoms with E-state index in [1.54, 1.807) is 15.2 Å². The van der Waals surface area contributed by atoms with Gasteiger partial charge in [0.1, 0.15) is 4.90 Å². The number of rotatable bonds is 6. The molecule has 1 aromatic rings. The number of aromatic nitrogens is 2. The van der Waals surface area contributed by atoms with Gasteiger partial charge in [-0.15, -0.1) is 11.6 Å². The highest BCUT2D eigenvalue weighted by Crippen LogP contribution is 2.17. The summed E-state index contributed by atoms with van der Waals surface area (Å²) < 4.78 is 28.1. The van der Waals surface area contributed by atoms with E-state index in [0.717, 1.165) is 26.1 Å². The summed E-state index contributed by atoms with van der Waals surface area (Å²) in [6, 6.07) is 0. The number of halogens is 1. The van der Waals surface area contributed by atoms with Crippen LogP contribution in [0.3, 0.4) is 0 Å². The van der Waals surface area contributed by atoms with Crippen LogP contribution in [0.1, 0.15) is 13.3 Å². The molecule has 0 N–H and O–H groups in total. The Bertz CT molecular complexity index is 523. The monoisotopic (exact) mass is 320 g/mol. The third-order valence-corrected chi connectivity index (χ3v) is 5.45. The standard InChI is InChI=1S/C12H21ClN4O2S/c1-2-4-15-6-8-17(9-7-15)20(18,19)12-10-14-16(11-12)5-3-13/h10-11H,2-9H2,1H3. The summed E-state index contributed by atoms with van der Waals surface area (Å²) in [6.07, 6.45) is 4.05. The summed E-state index contributed by atoms with van der Waals surface area (Å²) in [5, 5.41) is 4.03. The van der Waals surface area contributed by atoms with E-state index < -0.39 is 10.0 Å². The van der Waals surface area contributed by atoms with Crippen LogP contribution >= 0.6 is 11.6 Å². The Labute approximate surface area is 125 Å². The van der Waals surface area contributed by atoms with E-state index in [2.05, 4.69) is 16.9 Å². The van der Waals surface area contributed by atoms with E-state index in [1.165, 1.54) is 6.20 Å². The van der Waals surface area contributed by atoms with E-state index in [9.17, 15) is 8.42 Å². The minimum Gasteiger partial charge on any atom is -0.301 e. The number of alkyl halides is 1. The fourth-order valence-corrected chi connectivity index (χ4v) is 3.90. The van der Waals surface area contributed by atoms with Crippen molar-refractivity contribution in [1.82, 2.24) is 19.0 Å². The molecule has 0 aliphatic carbocycles. The van der Waals surface area contributed by atoms with Gasteiger partial charge >= 0.3 is 0 Å². The molecule has 6 nitrogen and oxygen atoms in total. The van der Waals surface area contributed by atoms with Crippen molar-refractivity contribution in [2.24, 2.45) is 0 Å². The Morgan fingerprint density at radius 2 is 1.95 bits per heavy atom. The molecule has 114 valence electrons. The second-order valence-corrected chi connectivity index (χ2v) is 7.19. The van der Waals surface area contributed by atoms with E-state index in [1.807, 2.05) is 0 Å². The maximum absolute atomic E-state index is 12.5. The third kappa shape index (κ3) is 3.52. The maximum Gasteiger partial charge on any atom is 0.246 e. The van der Waals surface area contributed by atoms with Crippen LogP contribution in [-0.2, 0) is 16.6 Å². The number of sulfonamides is 1. The van der Waals surface area contributed by atoms with Crippen molar-refractivity contribution in [3.63, 3.8) is 0 Å². The van der Waals surface area contributed by atoms with Crippen LogP contribution in [0.5, 0.6) is 0 Å². The largest absolute Gasteiger partial charge is 0.301 e. The van der Waals surface area contributed by atoms with Crippen molar-refractivity contribution in [1.29, 1.82) is 0 Å². The predicted molar refractivity (Wildman–Crippen MR) is 78.4 cm³/mol. The van der Waals surface area contributed by atoms with Crippen molar-refractivity contribution in [2.45, 2.75) is 24.8 Å². The highest BCUT2D eigenvalue weighted by atomic mass is 35.5. The van der Waals surface area contributed by atoms with Crippen LogP contribution in [0, 0.1) is 0 Å². The first-order valence-electron chi connectivity index (χ1n) is 6.89. The van der Waals surface area contributed by atoms with Crippen LogP contribution in [0.2, 0.25) is 0 Å². The first-order chi connectivity index (χ1) is 9.57. The van der Waals surface area contributed by atoms with Gasteiger partial charge in [0.15, 0.2) is 0 Å². The summed E-state index contributed by atoms with van der Waals surface area (Å²) >= 11 is 5.63. The zero-order valence-corrected chi connectivity index (χ0v) is 13.3. The first kappa shape index (κ1) is 15.8. The molecule has 8 heteroatoms. The molecule has 2 heterocycles. The molecule has 0 amide bonds. The third-order valence-electron chi connectivity index (χ3n) is 3.43. The van der Waals surface area contributed by atoms with Gasteiger partial charge in [-0.2, -0.15) is 9.40 Å². The molecule has 0 unspecified atom stereocenters. The van der Waals surface area contributed by atoms with E-state index in [4.69, 9.17) is 11.6 Å². The maximum atomic E-state index is 12.5. The molecule has 0 spiro atoms. The van der Waals surface area contributed by atoms with Gasteiger partial charge in [0, 0.05) is 38.3 Å². The molecular formula is C12H21ClN4O2S. The van der Waals surface area contributed by atoms with Gasteiger partial charge < -0.3 is 4.90 Å². The SMILES string of the molecule is CCCN1CCN(S(=O)(=O)c2cnn(CCCl)c2)CC1. The molecule has 1 aromatic heterocycles. The molecule has 2 rings (SSSR count). The van der Waals surface area contributed by atoms with Crippen molar-refractivity contribution < 1.29 is 8.42 Å². The quantitative estimate of drug-likeness (QED) is 0.729. The Hall–Kier alpha value is -0.630. The van der Waals surface area contributed by atoms with E-state index in [-0.39, 0.29) is 4.90 Å². The highest BCUT2D eigenvalue weighted by Gasteiger charge is 2.29. The minimum absolute atomic E-state index is 0.256. The first-order valence-corrected chi connectivity index (χ1v) is 8.86. The lowest BCUT2D eigenvalue weighted by molar-refractivity contribution is 0.188. The summed E-state index contributed by atoms with van der Waals surface area (Å²) in [5.74, 6) is 0.414. The minimum atomic E-state index is -3.42. The number of aryl methyl sites for hydroxylation is 1. The molecule has 0 radical (unpaired) electrons. The average molecular weight is 321 g/mol. The van der Waals surface area contributed by atoms with Crippen LogP contribution in [-0.4, -0.2) is 66.0 Å². The van der Waals surface area contributed by atoms with Gasteiger partial charge in [-0.05, 0) is 13.0 Å². The molecule has 1 aliphatic heterocycles. The highest BCUT2D eigenvalue weighted by molar-refractivity contribution is 7.89. The Morgan fingerprint density at radius 1 is 1.25 bits per heavy atom. The zero-order chi connectivity index (χ0) is 14.6. The van der Waals surface area contributed by atoms with Crippen molar-refractivity contribution >= 4 is 21.6 Å². The second kappa shape index (κ2) is 6.89. The summed E-state index contributed by atoms with van der Waals surface area (Å²) in [5.41, 5.74) is 0. The molecule has 0 saturated carbocycles. The Morgan fingerprint density at radius 3 is 2.55 bits per heavy atom. The van der Waals surface area contributed by atoms with Gasteiger partial charge in [0.25, 0.3) is 0 Å². The fourth-order valence-electron chi connectivity index (χ4n) is 2.35. The van der Waals surface area contributed by atoms with Crippen LogP contribution < -0.4 is 0 Å². The Kier molecular flexibility index (Phi) is 5.42. The molecule has 1 fully saturated rings. The lowest BCUT2D eigenvalue weighted by Gasteiger charge is -2.33. The molecule has 0 atom stereocenters. The molecule has 20 heavy (non-hydrogen) atoms. The van der Waals surface area contributed by atoms with Gasteiger partial charge in [0.2, 0.25) is 10.0 Å². The molecule has 1 saturated heterocycles. The number of hydrogen-bond donors (Lipinski definition) is 0. The summed E-state index contributed by atoms with van der Waals surface area (Å²) in [4.78, 5) is 2.55. The second-order valence-electron chi connectivity index (χ2n) is 4.87. The molecule has 0 bridgehead atoms. The topological polar surface area (TPSA) is 58.4 Å². The fraction of sp³-hybridized carbons (Fsp3) is 0.750. The molecule has 0 aromatic carbocycles. The number of piperazine rings is 1. The van der Waals surface area contributed by atoms with Crippen LogP contribution in [0.25, 0.3) is 0 Å².